The number of unbranched alkanes of at least 4 members (excludes halogenated alkanes) is 1. The minimum atomic E-state index is -0.936. The molecule has 0 aromatic heterocycles. The Kier molecular flexibility index (Phi) is 10.8. The van der Waals surface area contributed by atoms with Gasteiger partial charge in [0, 0.05) is 30.1 Å². The Morgan fingerprint density at radius 1 is 0.889 bits per heavy atom. The number of para-hydroxylation sites is 1. The number of hydrogen-bond acceptors (Lipinski definition) is 5. The molecule has 0 unspecified atom stereocenters. The lowest BCUT2D eigenvalue weighted by molar-refractivity contribution is -0.140. The first-order chi connectivity index (χ1) is 17.5. The number of esters is 1. The first-order valence-corrected chi connectivity index (χ1v) is 12.4. The van der Waals surface area contributed by atoms with E-state index in [2.05, 4.69) is 11.0 Å². The van der Waals surface area contributed by atoms with Crippen molar-refractivity contribution in [2.24, 2.45) is 0 Å². The molecule has 0 aliphatic rings. The van der Waals surface area contributed by atoms with Gasteiger partial charge in [-0.05, 0) is 61.2 Å². The van der Waals surface area contributed by atoms with Gasteiger partial charge in [-0.15, -0.1) is 0 Å². The zero-order chi connectivity index (χ0) is 25.8. The number of carbonyl (C=O) groups excluding carboxylic acids is 1. The molecule has 0 fully saturated rings. The minimum Gasteiger partial charge on any atom is -0.489 e. The summed E-state index contributed by atoms with van der Waals surface area (Å²) in [7, 11) is 1.40. The van der Waals surface area contributed by atoms with Crippen LogP contribution in [0.1, 0.15) is 46.3 Å². The molecule has 0 saturated carbocycles. The molecular formula is C29H32ClNO5. The van der Waals surface area contributed by atoms with Crippen LogP contribution in [0.3, 0.4) is 0 Å². The van der Waals surface area contributed by atoms with Gasteiger partial charge in [-0.2, -0.15) is 0 Å². The summed E-state index contributed by atoms with van der Waals surface area (Å²) in [6.07, 6.45) is 2.78. The van der Waals surface area contributed by atoms with Crippen LogP contribution in [0.15, 0.2) is 72.8 Å². The molecule has 0 radical (unpaired) electrons. The van der Waals surface area contributed by atoms with E-state index in [1.54, 1.807) is 12.1 Å². The van der Waals surface area contributed by atoms with E-state index in [4.69, 9.17) is 26.2 Å². The van der Waals surface area contributed by atoms with Crippen LogP contribution in [-0.2, 0) is 29.1 Å². The molecule has 190 valence electrons. The average molecular weight is 510 g/mol. The van der Waals surface area contributed by atoms with Gasteiger partial charge in [0.05, 0.1) is 12.7 Å². The van der Waals surface area contributed by atoms with Crippen molar-refractivity contribution < 1.29 is 24.2 Å². The van der Waals surface area contributed by atoms with Gasteiger partial charge in [-0.25, -0.2) is 4.79 Å². The van der Waals surface area contributed by atoms with E-state index in [1.807, 2.05) is 54.6 Å². The van der Waals surface area contributed by atoms with E-state index in [-0.39, 0.29) is 11.5 Å². The smallest absolute Gasteiger partial charge is 0.335 e. The first-order valence-electron chi connectivity index (χ1n) is 12.0. The van der Waals surface area contributed by atoms with E-state index < -0.39 is 5.97 Å². The summed E-state index contributed by atoms with van der Waals surface area (Å²) in [6, 6.07) is 22.6. The fourth-order valence-corrected chi connectivity index (χ4v) is 4.08. The van der Waals surface area contributed by atoms with Gasteiger partial charge in [0.1, 0.15) is 12.4 Å². The standard InChI is InChI=1S/C29H32ClNO5/c1-35-28(32)12-6-7-18-31(20-22-13-15-24(16-14-22)29(33)34)19-17-23-8-3-5-11-27(23)36-21-25-9-2-4-10-26(25)30/h2-5,8-11,13-16H,6-7,12,17-21H2,1H3,(H,33,34). The molecule has 36 heavy (non-hydrogen) atoms. The van der Waals surface area contributed by atoms with Crippen molar-refractivity contribution >= 4 is 23.5 Å². The number of carboxylic acids is 1. The highest BCUT2D eigenvalue weighted by atomic mass is 35.5. The molecule has 0 amide bonds. The predicted octanol–water partition coefficient (Wildman–Crippen LogP) is 6.01. The van der Waals surface area contributed by atoms with Crippen molar-refractivity contribution in [2.45, 2.75) is 38.8 Å². The maximum absolute atomic E-state index is 11.5. The number of carboxylic acid groups (broad SMARTS) is 1. The Labute approximate surface area is 217 Å². The van der Waals surface area contributed by atoms with Crippen molar-refractivity contribution in [3.05, 3.63) is 100 Å². The monoisotopic (exact) mass is 509 g/mol. The zero-order valence-corrected chi connectivity index (χ0v) is 21.2. The molecule has 3 aromatic rings. The number of nitrogens with zero attached hydrogens (tertiary/aromatic N) is 1. The van der Waals surface area contributed by atoms with Gasteiger partial charge in [0.15, 0.2) is 0 Å². The van der Waals surface area contributed by atoms with Crippen LogP contribution >= 0.6 is 11.6 Å². The first kappa shape index (κ1) is 27.2. The SMILES string of the molecule is COC(=O)CCCCN(CCc1ccccc1OCc1ccccc1Cl)Cc1ccc(C(=O)O)cc1. The van der Waals surface area contributed by atoms with Gasteiger partial charge in [-0.1, -0.05) is 60.1 Å². The predicted molar refractivity (Wildman–Crippen MR) is 140 cm³/mol. The normalized spacial score (nSPS) is 10.9. The zero-order valence-electron chi connectivity index (χ0n) is 20.5. The minimum absolute atomic E-state index is 0.199. The topological polar surface area (TPSA) is 76.1 Å². The fraction of sp³-hybridized carbons (Fsp3) is 0.310. The lowest BCUT2D eigenvalue weighted by Gasteiger charge is -2.23. The van der Waals surface area contributed by atoms with Crippen molar-refractivity contribution in [1.29, 1.82) is 0 Å². The van der Waals surface area contributed by atoms with Crippen LogP contribution in [0.2, 0.25) is 5.02 Å². The number of carbonyl (C=O) groups is 2. The second-order valence-corrected chi connectivity index (χ2v) is 8.96. The van der Waals surface area contributed by atoms with Gasteiger partial charge in [0.25, 0.3) is 0 Å². The number of halogens is 1. The van der Waals surface area contributed by atoms with Gasteiger partial charge in [0.2, 0.25) is 0 Å². The molecule has 0 heterocycles. The molecule has 6 nitrogen and oxygen atoms in total. The Morgan fingerprint density at radius 2 is 1.58 bits per heavy atom. The molecule has 1 N–H and O–H groups in total. The third-order valence-corrected chi connectivity index (χ3v) is 6.32. The molecule has 7 heteroatoms. The highest BCUT2D eigenvalue weighted by Gasteiger charge is 2.12. The van der Waals surface area contributed by atoms with Crippen LogP contribution in [0.5, 0.6) is 5.75 Å². The third kappa shape index (κ3) is 8.70. The van der Waals surface area contributed by atoms with E-state index in [9.17, 15) is 9.59 Å². The fourth-order valence-electron chi connectivity index (χ4n) is 3.89. The van der Waals surface area contributed by atoms with Gasteiger partial charge >= 0.3 is 11.9 Å². The summed E-state index contributed by atoms with van der Waals surface area (Å²) in [5, 5.41) is 9.85. The second-order valence-electron chi connectivity index (χ2n) is 8.55. The summed E-state index contributed by atoms with van der Waals surface area (Å²) in [5.74, 6) is -0.307. The van der Waals surface area contributed by atoms with Gasteiger partial charge < -0.3 is 14.6 Å². The lowest BCUT2D eigenvalue weighted by Crippen LogP contribution is -2.27. The molecular weight excluding hydrogens is 478 g/mol. The molecule has 3 aromatic carbocycles. The summed E-state index contributed by atoms with van der Waals surface area (Å²) < 4.78 is 10.9. The van der Waals surface area contributed by atoms with Gasteiger partial charge in [-0.3, -0.25) is 9.69 Å². The summed E-state index contributed by atoms with van der Waals surface area (Å²) in [6.45, 7) is 2.66. The van der Waals surface area contributed by atoms with Crippen LogP contribution in [-0.4, -0.2) is 42.1 Å². The number of rotatable bonds is 14. The molecule has 3 rings (SSSR count). The average Bonchev–Trinajstić information content (AvgIpc) is 2.89. The highest BCUT2D eigenvalue weighted by molar-refractivity contribution is 6.31. The maximum atomic E-state index is 11.5. The largest absolute Gasteiger partial charge is 0.489 e. The maximum Gasteiger partial charge on any atom is 0.335 e. The van der Waals surface area contributed by atoms with E-state index in [0.717, 1.165) is 54.8 Å². The number of benzene rings is 3. The van der Waals surface area contributed by atoms with Crippen LogP contribution in [0.4, 0.5) is 0 Å². The van der Waals surface area contributed by atoms with Crippen LogP contribution in [0, 0.1) is 0 Å². The lowest BCUT2D eigenvalue weighted by atomic mass is 10.1. The molecule has 0 bridgehead atoms. The highest BCUT2D eigenvalue weighted by Crippen LogP contribution is 2.23. The van der Waals surface area contributed by atoms with Crippen molar-refractivity contribution in [3.63, 3.8) is 0 Å². The summed E-state index contributed by atoms with van der Waals surface area (Å²) in [5.41, 5.74) is 3.35. The molecule has 0 atom stereocenters. The third-order valence-electron chi connectivity index (χ3n) is 5.95. The number of ether oxygens (including phenoxy) is 2. The number of hydrogen-bond donors (Lipinski definition) is 1. The molecule has 0 aliphatic carbocycles. The number of aromatic carboxylic acids is 1. The Bertz CT molecular complexity index is 1130. The van der Waals surface area contributed by atoms with E-state index in [1.165, 1.54) is 7.11 Å². The van der Waals surface area contributed by atoms with Crippen LogP contribution < -0.4 is 4.74 Å². The summed E-state index contributed by atoms with van der Waals surface area (Å²) in [4.78, 5) is 25.0. The van der Waals surface area contributed by atoms with Crippen molar-refractivity contribution in [1.82, 2.24) is 4.90 Å². The summed E-state index contributed by atoms with van der Waals surface area (Å²) >= 11 is 6.28. The van der Waals surface area contributed by atoms with Crippen molar-refractivity contribution in [2.75, 3.05) is 20.2 Å². The molecule has 0 spiro atoms. The Hall–Kier alpha value is -3.35. The van der Waals surface area contributed by atoms with E-state index >= 15 is 0 Å². The molecule has 0 saturated heterocycles. The van der Waals surface area contributed by atoms with E-state index in [0.29, 0.717) is 24.6 Å². The van der Waals surface area contributed by atoms with Crippen LogP contribution in [0.25, 0.3) is 0 Å². The number of methoxy groups -OCH3 is 1. The Balaban J connectivity index is 1.64. The second kappa shape index (κ2) is 14.3. The van der Waals surface area contributed by atoms with Crippen molar-refractivity contribution in [3.8, 4) is 5.75 Å². The Morgan fingerprint density at radius 3 is 2.28 bits per heavy atom. The molecule has 0 aliphatic heterocycles. The quantitative estimate of drug-likeness (QED) is 0.212.